The maximum Gasteiger partial charge on any atom is 0.325 e. The summed E-state index contributed by atoms with van der Waals surface area (Å²) in [6, 6.07) is 0. The highest BCUT2D eigenvalue weighted by Crippen LogP contribution is 2.31. The number of likely N-dealkylation sites (N-methyl/N-ethyl adjacent to an activating group) is 1. The van der Waals surface area contributed by atoms with Crippen LogP contribution in [0.4, 0.5) is 0 Å². The SMILES string of the molecule is CCC[C@H]1CC[C@H](COC(=O)C(C)(C)NC)CC1. The lowest BCUT2D eigenvalue weighted by atomic mass is 9.80. The van der Waals surface area contributed by atoms with Crippen molar-refractivity contribution in [2.75, 3.05) is 13.7 Å². The first-order chi connectivity index (χ1) is 8.49. The molecule has 0 spiro atoms. The fourth-order valence-electron chi connectivity index (χ4n) is 2.57. The first kappa shape index (κ1) is 15.5. The fourth-order valence-corrected chi connectivity index (χ4v) is 2.57. The van der Waals surface area contributed by atoms with Crippen molar-refractivity contribution >= 4 is 5.97 Å². The Kier molecular flexibility index (Phi) is 6.13. The van der Waals surface area contributed by atoms with Crippen LogP contribution in [-0.2, 0) is 9.53 Å². The first-order valence-electron chi connectivity index (χ1n) is 7.35. The van der Waals surface area contributed by atoms with E-state index in [2.05, 4.69) is 12.2 Å². The molecule has 3 nitrogen and oxygen atoms in total. The normalized spacial score (nSPS) is 24.9. The van der Waals surface area contributed by atoms with E-state index in [9.17, 15) is 4.79 Å². The van der Waals surface area contributed by atoms with Gasteiger partial charge in [-0.15, -0.1) is 0 Å². The van der Waals surface area contributed by atoms with Gasteiger partial charge in [-0.3, -0.25) is 4.79 Å². The summed E-state index contributed by atoms with van der Waals surface area (Å²) in [4.78, 5) is 11.8. The number of carbonyl (C=O) groups is 1. The van der Waals surface area contributed by atoms with Gasteiger partial charge < -0.3 is 10.1 Å². The van der Waals surface area contributed by atoms with Gasteiger partial charge in [0.25, 0.3) is 0 Å². The Balaban J connectivity index is 2.24. The molecule has 0 heterocycles. The Morgan fingerprint density at radius 2 is 1.78 bits per heavy atom. The number of hydrogen-bond acceptors (Lipinski definition) is 3. The summed E-state index contributed by atoms with van der Waals surface area (Å²) in [6.07, 6.45) is 7.72. The van der Waals surface area contributed by atoms with Gasteiger partial charge in [0.15, 0.2) is 0 Å². The van der Waals surface area contributed by atoms with E-state index in [0.717, 1.165) is 5.92 Å². The smallest absolute Gasteiger partial charge is 0.325 e. The van der Waals surface area contributed by atoms with E-state index in [4.69, 9.17) is 4.74 Å². The molecule has 0 atom stereocenters. The number of hydrogen-bond donors (Lipinski definition) is 1. The van der Waals surface area contributed by atoms with Crippen LogP contribution in [-0.4, -0.2) is 25.2 Å². The van der Waals surface area contributed by atoms with Crippen LogP contribution in [0.3, 0.4) is 0 Å². The minimum atomic E-state index is -0.570. The third kappa shape index (κ3) is 4.60. The van der Waals surface area contributed by atoms with Crippen molar-refractivity contribution in [3.05, 3.63) is 0 Å². The van der Waals surface area contributed by atoms with Crippen molar-refractivity contribution in [3.8, 4) is 0 Å². The zero-order valence-corrected chi connectivity index (χ0v) is 12.4. The molecule has 0 unspecified atom stereocenters. The monoisotopic (exact) mass is 255 g/mol. The Morgan fingerprint density at radius 1 is 1.22 bits per heavy atom. The molecule has 3 heteroatoms. The van der Waals surface area contributed by atoms with Crippen molar-refractivity contribution in [1.29, 1.82) is 0 Å². The predicted molar refractivity (Wildman–Crippen MR) is 74.5 cm³/mol. The highest BCUT2D eigenvalue weighted by Gasteiger charge is 2.28. The van der Waals surface area contributed by atoms with Crippen LogP contribution in [0.15, 0.2) is 0 Å². The Labute approximate surface area is 112 Å². The lowest BCUT2D eigenvalue weighted by Crippen LogP contribution is -2.46. The van der Waals surface area contributed by atoms with Crippen LogP contribution in [0.2, 0.25) is 0 Å². The summed E-state index contributed by atoms with van der Waals surface area (Å²) in [5.41, 5.74) is -0.570. The van der Waals surface area contributed by atoms with Crippen LogP contribution in [0.1, 0.15) is 59.3 Å². The summed E-state index contributed by atoms with van der Waals surface area (Å²) in [7, 11) is 1.79. The van der Waals surface area contributed by atoms with Crippen molar-refractivity contribution in [2.24, 2.45) is 11.8 Å². The molecule has 0 amide bonds. The Morgan fingerprint density at radius 3 is 2.28 bits per heavy atom. The number of ether oxygens (including phenoxy) is 1. The second-order valence-electron chi connectivity index (χ2n) is 6.15. The third-order valence-electron chi connectivity index (χ3n) is 4.25. The highest BCUT2D eigenvalue weighted by molar-refractivity contribution is 5.79. The molecule has 0 radical (unpaired) electrons. The van der Waals surface area contributed by atoms with Crippen LogP contribution < -0.4 is 5.32 Å². The van der Waals surface area contributed by atoms with E-state index in [0.29, 0.717) is 12.5 Å². The zero-order chi connectivity index (χ0) is 13.6. The molecule has 0 aliphatic heterocycles. The van der Waals surface area contributed by atoms with Gasteiger partial charge in [-0.1, -0.05) is 32.6 Å². The Bertz CT molecular complexity index is 255. The van der Waals surface area contributed by atoms with Crippen molar-refractivity contribution in [3.63, 3.8) is 0 Å². The Hall–Kier alpha value is -0.570. The van der Waals surface area contributed by atoms with Gasteiger partial charge in [0.2, 0.25) is 0 Å². The third-order valence-corrected chi connectivity index (χ3v) is 4.25. The van der Waals surface area contributed by atoms with E-state index in [1.54, 1.807) is 7.05 Å². The van der Waals surface area contributed by atoms with Crippen LogP contribution in [0, 0.1) is 11.8 Å². The fraction of sp³-hybridized carbons (Fsp3) is 0.933. The van der Waals surface area contributed by atoms with Gasteiger partial charge in [-0.2, -0.15) is 0 Å². The average molecular weight is 255 g/mol. The molecule has 1 fully saturated rings. The molecule has 0 bridgehead atoms. The molecule has 1 saturated carbocycles. The molecule has 0 aromatic heterocycles. The van der Waals surface area contributed by atoms with E-state index < -0.39 is 5.54 Å². The second kappa shape index (κ2) is 7.13. The molecule has 1 aliphatic rings. The molecule has 1 rings (SSSR count). The lowest BCUT2D eigenvalue weighted by molar-refractivity contribution is -0.151. The molecule has 0 saturated heterocycles. The maximum absolute atomic E-state index is 11.8. The summed E-state index contributed by atoms with van der Waals surface area (Å²) in [5, 5.41) is 2.98. The standard InChI is InChI=1S/C15H29NO2/c1-5-6-12-7-9-13(10-8-12)11-18-14(17)15(2,3)16-4/h12-13,16H,5-11H2,1-4H3/t12-,13-. The lowest BCUT2D eigenvalue weighted by Gasteiger charge is -2.29. The number of esters is 1. The highest BCUT2D eigenvalue weighted by atomic mass is 16.5. The van der Waals surface area contributed by atoms with E-state index in [-0.39, 0.29) is 5.97 Å². The number of carbonyl (C=O) groups excluding carboxylic acids is 1. The van der Waals surface area contributed by atoms with E-state index in [1.807, 2.05) is 13.8 Å². The number of rotatable bonds is 6. The van der Waals surface area contributed by atoms with Gasteiger partial charge in [-0.05, 0) is 45.6 Å². The molecule has 0 aromatic rings. The number of nitrogens with one attached hydrogen (secondary N) is 1. The van der Waals surface area contributed by atoms with Gasteiger partial charge in [-0.25, -0.2) is 0 Å². The minimum absolute atomic E-state index is 0.138. The van der Waals surface area contributed by atoms with Gasteiger partial charge in [0.1, 0.15) is 5.54 Å². The second-order valence-corrected chi connectivity index (χ2v) is 6.15. The van der Waals surface area contributed by atoms with Crippen molar-refractivity contribution < 1.29 is 9.53 Å². The molecular weight excluding hydrogens is 226 g/mol. The summed E-state index contributed by atoms with van der Waals surface area (Å²) in [6.45, 7) is 6.57. The van der Waals surface area contributed by atoms with Crippen LogP contribution in [0.25, 0.3) is 0 Å². The molecular formula is C15H29NO2. The molecule has 1 aliphatic carbocycles. The minimum Gasteiger partial charge on any atom is -0.464 e. The molecule has 18 heavy (non-hydrogen) atoms. The topological polar surface area (TPSA) is 38.3 Å². The molecule has 1 N–H and O–H groups in total. The van der Waals surface area contributed by atoms with Gasteiger partial charge in [0, 0.05) is 0 Å². The van der Waals surface area contributed by atoms with E-state index in [1.165, 1.54) is 38.5 Å². The first-order valence-corrected chi connectivity index (χ1v) is 7.35. The summed E-state index contributed by atoms with van der Waals surface area (Å²) >= 11 is 0. The van der Waals surface area contributed by atoms with Gasteiger partial charge >= 0.3 is 5.97 Å². The van der Waals surface area contributed by atoms with E-state index >= 15 is 0 Å². The summed E-state index contributed by atoms with van der Waals surface area (Å²) < 4.78 is 5.43. The zero-order valence-electron chi connectivity index (χ0n) is 12.4. The van der Waals surface area contributed by atoms with Crippen molar-refractivity contribution in [2.45, 2.75) is 64.8 Å². The molecule has 106 valence electrons. The quantitative estimate of drug-likeness (QED) is 0.741. The average Bonchev–Trinajstić information content (AvgIpc) is 2.38. The largest absolute Gasteiger partial charge is 0.464 e. The predicted octanol–water partition coefficient (Wildman–Crippen LogP) is 3.13. The molecule has 0 aromatic carbocycles. The van der Waals surface area contributed by atoms with Crippen LogP contribution in [0.5, 0.6) is 0 Å². The van der Waals surface area contributed by atoms with Gasteiger partial charge in [0.05, 0.1) is 6.61 Å². The maximum atomic E-state index is 11.8. The van der Waals surface area contributed by atoms with Crippen LogP contribution >= 0.6 is 0 Å². The van der Waals surface area contributed by atoms with Crippen molar-refractivity contribution in [1.82, 2.24) is 5.32 Å². The summed E-state index contributed by atoms with van der Waals surface area (Å²) in [5.74, 6) is 1.35.